The molecule has 0 fully saturated rings. The highest BCUT2D eigenvalue weighted by atomic mass is 16.5. The molecular formula is C12H18O7. The summed E-state index contributed by atoms with van der Waals surface area (Å²) in [5.74, 6) is -4.12. The number of ketones is 1. The molecule has 0 aliphatic rings. The van der Waals surface area contributed by atoms with Gasteiger partial charge in [0, 0.05) is 5.57 Å². The monoisotopic (exact) mass is 274 g/mol. The van der Waals surface area contributed by atoms with Crippen LogP contribution in [0.15, 0.2) is 12.2 Å². The Kier molecular flexibility index (Phi) is 9.90. The van der Waals surface area contributed by atoms with E-state index in [2.05, 4.69) is 20.8 Å². The number of carbonyl (C=O) groups excluding carboxylic acids is 4. The zero-order valence-corrected chi connectivity index (χ0v) is 11.6. The molecule has 0 aromatic rings. The minimum Gasteiger partial charge on any atom is -0.468 e. The van der Waals surface area contributed by atoms with Crippen molar-refractivity contribution in [1.29, 1.82) is 0 Å². The van der Waals surface area contributed by atoms with Crippen molar-refractivity contribution in [2.45, 2.75) is 13.8 Å². The second-order valence-electron chi connectivity index (χ2n) is 3.37. The molecule has 7 nitrogen and oxygen atoms in total. The molecule has 108 valence electrons. The van der Waals surface area contributed by atoms with Gasteiger partial charge in [-0.2, -0.15) is 0 Å². The van der Waals surface area contributed by atoms with Gasteiger partial charge in [-0.15, -0.1) is 0 Å². The van der Waals surface area contributed by atoms with Crippen molar-refractivity contribution in [3.63, 3.8) is 0 Å². The molecule has 0 saturated heterocycles. The second-order valence-corrected chi connectivity index (χ2v) is 3.37. The highest BCUT2D eigenvalue weighted by Gasteiger charge is 2.28. The van der Waals surface area contributed by atoms with Crippen LogP contribution in [0.3, 0.4) is 0 Å². The average molecular weight is 274 g/mol. The number of ether oxygens (including phenoxy) is 3. The topological polar surface area (TPSA) is 96.0 Å². The fourth-order valence-electron chi connectivity index (χ4n) is 0.735. The summed E-state index contributed by atoms with van der Waals surface area (Å²) in [5.41, 5.74) is 0.433. The van der Waals surface area contributed by atoms with Crippen LogP contribution in [-0.2, 0) is 33.4 Å². The molecule has 0 aromatic heterocycles. The van der Waals surface area contributed by atoms with Crippen molar-refractivity contribution < 1.29 is 33.4 Å². The Labute approximate surface area is 111 Å². The van der Waals surface area contributed by atoms with Gasteiger partial charge in [0.25, 0.3) is 5.78 Å². The molecule has 0 saturated carbocycles. The van der Waals surface area contributed by atoms with Crippen LogP contribution < -0.4 is 0 Å². The summed E-state index contributed by atoms with van der Waals surface area (Å²) in [6, 6.07) is 0. The lowest BCUT2D eigenvalue weighted by Gasteiger charge is -2.05. The SMILES string of the molecule is C=C(C)C(=O)OC.COC(=O)C(=O)C(C)C(=O)OC. The summed E-state index contributed by atoms with van der Waals surface area (Å²) in [6.07, 6.45) is 0. The van der Waals surface area contributed by atoms with E-state index in [9.17, 15) is 19.2 Å². The van der Waals surface area contributed by atoms with Gasteiger partial charge in [-0.25, -0.2) is 9.59 Å². The van der Waals surface area contributed by atoms with Crippen LogP contribution in [0.4, 0.5) is 0 Å². The summed E-state index contributed by atoms with van der Waals surface area (Å²) in [5, 5.41) is 0. The van der Waals surface area contributed by atoms with Gasteiger partial charge in [-0.1, -0.05) is 6.58 Å². The second kappa shape index (κ2) is 9.81. The van der Waals surface area contributed by atoms with Crippen molar-refractivity contribution in [2.24, 2.45) is 5.92 Å². The van der Waals surface area contributed by atoms with Gasteiger partial charge < -0.3 is 14.2 Å². The maximum Gasteiger partial charge on any atom is 0.375 e. The number of carbonyl (C=O) groups is 4. The van der Waals surface area contributed by atoms with E-state index in [1.807, 2.05) is 0 Å². The number of hydrogen-bond acceptors (Lipinski definition) is 7. The number of Topliss-reactive ketones (excluding diaryl/α,β-unsaturated/α-hetero) is 1. The zero-order chi connectivity index (χ0) is 15.6. The molecule has 0 aromatic carbocycles. The van der Waals surface area contributed by atoms with E-state index in [1.54, 1.807) is 6.92 Å². The average Bonchev–Trinajstić information content (AvgIpc) is 2.43. The summed E-state index contributed by atoms with van der Waals surface area (Å²) in [7, 11) is 3.55. The summed E-state index contributed by atoms with van der Waals surface area (Å²) < 4.78 is 12.7. The smallest absolute Gasteiger partial charge is 0.375 e. The third-order valence-electron chi connectivity index (χ3n) is 1.87. The lowest BCUT2D eigenvalue weighted by Crippen LogP contribution is -2.29. The molecule has 0 amide bonds. The van der Waals surface area contributed by atoms with Gasteiger partial charge >= 0.3 is 17.9 Å². The van der Waals surface area contributed by atoms with Crippen molar-refractivity contribution in [3.8, 4) is 0 Å². The zero-order valence-electron chi connectivity index (χ0n) is 11.6. The summed E-state index contributed by atoms with van der Waals surface area (Å²) in [6.45, 7) is 6.24. The maximum absolute atomic E-state index is 10.9. The van der Waals surface area contributed by atoms with Gasteiger partial charge in [0.2, 0.25) is 0 Å². The third kappa shape index (κ3) is 7.69. The van der Waals surface area contributed by atoms with Gasteiger partial charge in [-0.3, -0.25) is 9.59 Å². The van der Waals surface area contributed by atoms with Gasteiger partial charge in [0.1, 0.15) is 5.92 Å². The van der Waals surface area contributed by atoms with Crippen molar-refractivity contribution in [2.75, 3.05) is 21.3 Å². The molecule has 1 unspecified atom stereocenters. The van der Waals surface area contributed by atoms with E-state index < -0.39 is 23.6 Å². The van der Waals surface area contributed by atoms with Crippen LogP contribution in [0.5, 0.6) is 0 Å². The van der Waals surface area contributed by atoms with Crippen molar-refractivity contribution in [1.82, 2.24) is 0 Å². The molecule has 0 aliphatic carbocycles. The molecule has 0 radical (unpaired) electrons. The van der Waals surface area contributed by atoms with Crippen LogP contribution >= 0.6 is 0 Å². The van der Waals surface area contributed by atoms with E-state index in [-0.39, 0.29) is 5.97 Å². The van der Waals surface area contributed by atoms with E-state index in [4.69, 9.17) is 0 Å². The fraction of sp³-hybridized carbons (Fsp3) is 0.500. The first-order chi connectivity index (χ1) is 8.72. The Bertz CT molecular complexity index is 370. The molecule has 1 atom stereocenters. The quantitative estimate of drug-likeness (QED) is 0.239. The van der Waals surface area contributed by atoms with Crippen LogP contribution in [-0.4, -0.2) is 45.0 Å². The normalized spacial score (nSPS) is 10.2. The van der Waals surface area contributed by atoms with Crippen LogP contribution in [0, 0.1) is 5.92 Å². The Morgan fingerprint density at radius 1 is 0.895 bits per heavy atom. The van der Waals surface area contributed by atoms with Gasteiger partial charge in [0.05, 0.1) is 21.3 Å². The Morgan fingerprint density at radius 2 is 1.32 bits per heavy atom. The minimum absolute atomic E-state index is 0.347. The Balaban J connectivity index is 0. The van der Waals surface area contributed by atoms with E-state index in [0.717, 1.165) is 14.2 Å². The largest absolute Gasteiger partial charge is 0.468 e. The maximum atomic E-state index is 10.9. The standard InChI is InChI=1S/C7H10O5.C5H8O2/c1-4(6(9)11-2)5(8)7(10)12-3;1-4(2)5(6)7-3/h4H,1-3H3;1H2,2-3H3. The van der Waals surface area contributed by atoms with Gasteiger partial charge in [-0.05, 0) is 13.8 Å². The predicted molar refractivity (Wildman–Crippen MR) is 65.0 cm³/mol. The van der Waals surface area contributed by atoms with Crippen LogP contribution in [0.1, 0.15) is 13.8 Å². The van der Waals surface area contributed by atoms with E-state index in [1.165, 1.54) is 14.0 Å². The molecule has 0 bridgehead atoms. The minimum atomic E-state index is -1.09. The lowest BCUT2D eigenvalue weighted by atomic mass is 10.1. The molecule has 0 spiro atoms. The van der Waals surface area contributed by atoms with E-state index in [0.29, 0.717) is 5.57 Å². The predicted octanol–water partition coefficient (Wildman–Crippen LogP) is 0.273. The summed E-state index contributed by atoms with van der Waals surface area (Å²) >= 11 is 0. The molecule has 0 N–H and O–H groups in total. The molecule has 19 heavy (non-hydrogen) atoms. The Hall–Kier alpha value is -2.18. The Morgan fingerprint density at radius 3 is 1.53 bits per heavy atom. The highest BCUT2D eigenvalue weighted by molar-refractivity contribution is 6.37. The summed E-state index contributed by atoms with van der Waals surface area (Å²) in [4.78, 5) is 42.4. The first-order valence-corrected chi connectivity index (χ1v) is 5.16. The number of methoxy groups -OCH3 is 3. The molecule has 0 aliphatic heterocycles. The van der Waals surface area contributed by atoms with Crippen LogP contribution in [0.2, 0.25) is 0 Å². The lowest BCUT2D eigenvalue weighted by molar-refractivity contribution is -0.159. The molecular weight excluding hydrogens is 256 g/mol. The highest BCUT2D eigenvalue weighted by Crippen LogP contribution is 2.00. The number of esters is 3. The molecule has 0 rings (SSSR count). The van der Waals surface area contributed by atoms with Crippen molar-refractivity contribution in [3.05, 3.63) is 12.2 Å². The van der Waals surface area contributed by atoms with Gasteiger partial charge in [0.15, 0.2) is 0 Å². The number of rotatable bonds is 4. The fourth-order valence-corrected chi connectivity index (χ4v) is 0.735. The van der Waals surface area contributed by atoms with Crippen LogP contribution in [0.25, 0.3) is 0 Å². The van der Waals surface area contributed by atoms with Crippen molar-refractivity contribution >= 4 is 23.7 Å². The molecule has 7 heteroatoms. The molecule has 0 heterocycles. The number of hydrogen-bond donors (Lipinski definition) is 0. The third-order valence-corrected chi connectivity index (χ3v) is 1.87. The first-order valence-electron chi connectivity index (χ1n) is 5.16. The first kappa shape index (κ1) is 19.2. The van der Waals surface area contributed by atoms with E-state index >= 15 is 0 Å².